The Morgan fingerprint density at radius 2 is 1.20 bits per heavy atom. The molecular weight excluding hydrogens is 334 g/mol. The van der Waals surface area contributed by atoms with Crippen LogP contribution in [0.5, 0.6) is 0 Å². The van der Waals surface area contributed by atoms with Crippen molar-refractivity contribution in [2.45, 2.75) is 71.1 Å². The number of rotatable bonds is 16. The summed E-state index contributed by atoms with van der Waals surface area (Å²) in [4.78, 5) is 0. The number of unbranched alkanes of at least 4 members (excludes halogenated alkanes) is 5. The van der Waals surface area contributed by atoms with E-state index in [4.69, 9.17) is 0 Å². The highest BCUT2D eigenvalue weighted by Gasteiger charge is 2.18. The van der Waals surface area contributed by atoms with Gasteiger partial charge in [0, 0.05) is 7.11 Å². The fraction of sp³-hybridized carbons (Fsp3) is 0.619. The van der Waals surface area contributed by atoms with Crippen LogP contribution in [0.1, 0.15) is 71.1 Å². The number of hydrogen-bond acceptors (Lipinski definition) is 2. The third-order valence-corrected chi connectivity index (χ3v) is 5.17. The van der Waals surface area contributed by atoms with Crippen molar-refractivity contribution in [3.8, 4) is 0 Å². The summed E-state index contributed by atoms with van der Waals surface area (Å²) in [6.45, 7) is 2.23. The van der Waals surface area contributed by atoms with Gasteiger partial charge in [0.25, 0.3) is 0 Å². The fourth-order valence-corrected chi connectivity index (χ4v) is 3.00. The van der Waals surface area contributed by atoms with Gasteiger partial charge in [-0.2, -0.15) is 4.20 Å². The maximum Gasteiger partial charge on any atom is 0.367 e. The van der Waals surface area contributed by atoms with E-state index in [-0.39, 0.29) is 6.16 Å². The lowest BCUT2D eigenvalue weighted by molar-refractivity contribution is 0.354. The second-order valence-corrected chi connectivity index (χ2v) is 8.07. The first-order valence-corrected chi connectivity index (χ1v) is 11.3. The Morgan fingerprint density at radius 3 is 1.64 bits per heavy atom. The molecule has 0 N–H and O–H groups in total. The van der Waals surface area contributed by atoms with Crippen molar-refractivity contribution in [3.63, 3.8) is 0 Å². The van der Waals surface area contributed by atoms with Gasteiger partial charge in [-0.3, -0.25) is 4.57 Å². The van der Waals surface area contributed by atoms with Crippen molar-refractivity contribution in [2.24, 2.45) is 0 Å². The lowest BCUT2D eigenvalue weighted by Gasteiger charge is -2.04. The highest BCUT2D eigenvalue weighted by Crippen LogP contribution is 2.48. The van der Waals surface area contributed by atoms with Crippen LogP contribution in [-0.2, 0) is 9.09 Å². The quantitative estimate of drug-likeness (QED) is 0.157. The minimum Gasteiger partial charge on any atom is -0.309 e. The topological polar surface area (TPSA) is 26.3 Å². The van der Waals surface area contributed by atoms with Crippen molar-refractivity contribution < 1.29 is 13.3 Å². The third-order valence-electron chi connectivity index (χ3n) is 3.78. The molecule has 25 heavy (non-hydrogen) atoms. The summed E-state index contributed by atoms with van der Waals surface area (Å²) in [5, 5.41) is 0. The van der Waals surface area contributed by atoms with Crippen LogP contribution in [0.15, 0.2) is 48.6 Å². The molecular formula is C21H36FO2P. The maximum atomic E-state index is 13.0. The zero-order chi connectivity index (χ0) is 18.6. The molecule has 0 saturated heterocycles. The summed E-state index contributed by atoms with van der Waals surface area (Å²) >= 11 is 0. The molecule has 0 aliphatic rings. The molecule has 0 aliphatic heterocycles. The molecule has 0 heterocycles. The average Bonchev–Trinajstić information content (AvgIpc) is 2.60. The first-order valence-electron chi connectivity index (χ1n) is 9.57. The largest absolute Gasteiger partial charge is 0.367 e. The lowest BCUT2D eigenvalue weighted by Crippen LogP contribution is -1.87. The van der Waals surface area contributed by atoms with Gasteiger partial charge >= 0.3 is 7.68 Å². The molecule has 0 aromatic heterocycles. The van der Waals surface area contributed by atoms with Crippen LogP contribution in [0.4, 0.5) is 4.20 Å². The van der Waals surface area contributed by atoms with Gasteiger partial charge in [0.1, 0.15) is 0 Å². The summed E-state index contributed by atoms with van der Waals surface area (Å²) in [5.74, 6) is 0. The molecule has 4 heteroatoms. The number of allylic oxidation sites excluding steroid dienone is 8. The van der Waals surface area contributed by atoms with Crippen molar-refractivity contribution in [3.05, 3.63) is 48.6 Å². The van der Waals surface area contributed by atoms with Crippen LogP contribution >= 0.6 is 7.68 Å². The third kappa shape index (κ3) is 19.3. The molecule has 2 nitrogen and oxygen atoms in total. The summed E-state index contributed by atoms with van der Waals surface area (Å²) in [6, 6.07) is 0. The van der Waals surface area contributed by atoms with Crippen molar-refractivity contribution in [1.29, 1.82) is 0 Å². The summed E-state index contributed by atoms with van der Waals surface area (Å²) < 4.78 is 28.4. The molecule has 0 saturated carbocycles. The van der Waals surface area contributed by atoms with Crippen molar-refractivity contribution in [2.75, 3.05) is 13.3 Å². The van der Waals surface area contributed by atoms with Gasteiger partial charge in [-0.25, -0.2) is 0 Å². The van der Waals surface area contributed by atoms with Crippen LogP contribution < -0.4 is 0 Å². The van der Waals surface area contributed by atoms with E-state index in [0.29, 0.717) is 6.42 Å². The van der Waals surface area contributed by atoms with Gasteiger partial charge in [0.15, 0.2) is 0 Å². The molecule has 0 bridgehead atoms. The highest BCUT2D eigenvalue weighted by atomic mass is 31.2. The normalized spacial score (nSPS) is 15.2. The van der Waals surface area contributed by atoms with E-state index in [9.17, 15) is 8.76 Å². The molecule has 144 valence electrons. The van der Waals surface area contributed by atoms with E-state index in [0.717, 1.165) is 39.2 Å². The van der Waals surface area contributed by atoms with E-state index in [1.807, 2.05) is 0 Å². The van der Waals surface area contributed by atoms with Crippen LogP contribution in [0.2, 0.25) is 0 Å². The zero-order valence-electron chi connectivity index (χ0n) is 16.0. The molecule has 1 atom stereocenters. The molecule has 0 unspecified atom stereocenters. The summed E-state index contributed by atoms with van der Waals surface area (Å²) in [7, 11) is -2.65. The molecule has 0 aromatic rings. The van der Waals surface area contributed by atoms with Gasteiger partial charge in [-0.15, -0.1) is 0 Å². The van der Waals surface area contributed by atoms with Gasteiger partial charge in [-0.1, -0.05) is 68.4 Å². The number of hydrogen-bond donors (Lipinski definition) is 0. The van der Waals surface area contributed by atoms with Crippen molar-refractivity contribution in [1.82, 2.24) is 0 Å². The highest BCUT2D eigenvalue weighted by molar-refractivity contribution is 7.53. The fourth-order valence-electron chi connectivity index (χ4n) is 2.22. The SMILES string of the molecule is CCCCC/C=C/C/C=C/C/C=C/C/C=C/CCCC[P@](=O)(F)OC. The molecule has 0 rings (SSSR count). The summed E-state index contributed by atoms with van der Waals surface area (Å²) in [6.07, 6.45) is 27.8. The molecule has 0 aromatic carbocycles. The van der Waals surface area contributed by atoms with E-state index >= 15 is 0 Å². The Bertz CT molecular complexity index is 453. The first-order chi connectivity index (χ1) is 12.1. The van der Waals surface area contributed by atoms with E-state index in [2.05, 4.69) is 60.1 Å². The predicted octanol–water partition coefficient (Wildman–Crippen LogP) is 7.94. The monoisotopic (exact) mass is 370 g/mol. The summed E-state index contributed by atoms with van der Waals surface area (Å²) in [5.41, 5.74) is 0. The smallest absolute Gasteiger partial charge is 0.309 e. The Balaban J connectivity index is 3.47. The Morgan fingerprint density at radius 1 is 0.760 bits per heavy atom. The second kappa shape index (κ2) is 17.9. The van der Waals surface area contributed by atoms with Crippen LogP contribution in [0.25, 0.3) is 0 Å². The number of halogens is 1. The van der Waals surface area contributed by atoms with Crippen molar-refractivity contribution >= 4 is 7.68 Å². The molecule has 0 spiro atoms. The van der Waals surface area contributed by atoms with E-state index < -0.39 is 7.68 Å². The minimum atomic E-state index is -3.81. The Kier molecular flexibility index (Phi) is 17.2. The van der Waals surface area contributed by atoms with Gasteiger partial charge in [0.2, 0.25) is 0 Å². The molecule has 0 radical (unpaired) electrons. The van der Waals surface area contributed by atoms with E-state index in [1.165, 1.54) is 25.7 Å². The first kappa shape index (κ1) is 24.1. The predicted molar refractivity (Wildman–Crippen MR) is 109 cm³/mol. The molecule has 0 amide bonds. The Hall–Kier alpha value is -0.920. The second-order valence-electron chi connectivity index (χ2n) is 6.08. The minimum absolute atomic E-state index is 0.0253. The molecule has 0 fully saturated rings. The van der Waals surface area contributed by atoms with Gasteiger partial charge in [-0.05, 0) is 51.4 Å². The zero-order valence-corrected chi connectivity index (χ0v) is 16.9. The Labute approximate surface area is 154 Å². The van der Waals surface area contributed by atoms with Crippen LogP contribution in [-0.4, -0.2) is 13.3 Å². The van der Waals surface area contributed by atoms with Crippen LogP contribution in [0, 0.1) is 0 Å². The standard InChI is InChI=1S/C21H36FO2P/c1-3-4-5-6-7-8-9-10-11-12-13-14-15-16-17-18-19-20-21-25(22,23)24-2/h7-8,10-11,13-14,16-17H,3-6,9,12,15,18-21H2,1-2H3/b8-7+,11-10+,14-13+,17-16+/t25-/m1/s1. The molecule has 0 aliphatic carbocycles. The van der Waals surface area contributed by atoms with Crippen LogP contribution in [0.3, 0.4) is 0 Å². The lowest BCUT2D eigenvalue weighted by atomic mass is 10.2. The van der Waals surface area contributed by atoms with Gasteiger partial charge < -0.3 is 4.52 Å². The maximum absolute atomic E-state index is 13.0. The average molecular weight is 370 g/mol. The van der Waals surface area contributed by atoms with Gasteiger partial charge in [0.05, 0.1) is 6.16 Å². The van der Waals surface area contributed by atoms with E-state index in [1.54, 1.807) is 0 Å².